The van der Waals surface area contributed by atoms with Crippen molar-refractivity contribution in [2.45, 2.75) is 32.7 Å². The molecule has 1 unspecified atom stereocenters. The van der Waals surface area contributed by atoms with Crippen LogP contribution in [0.1, 0.15) is 31.7 Å². The van der Waals surface area contributed by atoms with E-state index in [9.17, 15) is 13.2 Å². The van der Waals surface area contributed by atoms with Gasteiger partial charge in [0.2, 0.25) is 15.9 Å². The van der Waals surface area contributed by atoms with Crippen LogP contribution >= 0.6 is 11.6 Å². The Bertz CT molecular complexity index is 967. The fourth-order valence-electron chi connectivity index (χ4n) is 3.57. The molecule has 1 fully saturated rings. The number of sulfonamides is 1. The second-order valence-electron chi connectivity index (χ2n) is 7.54. The Balaban J connectivity index is 1.59. The number of amides is 1. The lowest BCUT2D eigenvalue weighted by molar-refractivity contribution is -0.120. The molecule has 2 aromatic carbocycles. The normalized spacial score (nSPS) is 17.5. The number of rotatable bonds is 8. The second kappa shape index (κ2) is 10.3. The molecule has 30 heavy (non-hydrogen) atoms. The Morgan fingerprint density at radius 1 is 1.20 bits per heavy atom. The summed E-state index contributed by atoms with van der Waals surface area (Å²) in [5, 5.41) is 6.69. The zero-order valence-corrected chi connectivity index (χ0v) is 18.7. The van der Waals surface area contributed by atoms with Crippen molar-refractivity contribution >= 4 is 38.9 Å². The SMILES string of the molecule is CCCS(=O)(=O)N1CCCC(C(=O)Nc2ccc(NCc3ccccc3)c(Cl)c2)C1. The number of hydrogen-bond donors (Lipinski definition) is 2. The predicted molar refractivity (Wildman–Crippen MR) is 122 cm³/mol. The summed E-state index contributed by atoms with van der Waals surface area (Å²) in [5.74, 6) is -0.415. The van der Waals surface area contributed by atoms with E-state index in [1.54, 1.807) is 12.1 Å². The highest BCUT2D eigenvalue weighted by atomic mass is 35.5. The molecule has 1 saturated heterocycles. The fourth-order valence-corrected chi connectivity index (χ4v) is 5.41. The molecule has 8 heteroatoms. The smallest absolute Gasteiger partial charge is 0.228 e. The maximum Gasteiger partial charge on any atom is 0.228 e. The quantitative estimate of drug-likeness (QED) is 0.628. The van der Waals surface area contributed by atoms with Crippen LogP contribution in [0.25, 0.3) is 0 Å². The van der Waals surface area contributed by atoms with E-state index in [1.165, 1.54) is 4.31 Å². The first kappa shape index (κ1) is 22.6. The maximum absolute atomic E-state index is 12.7. The van der Waals surface area contributed by atoms with Crippen LogP contribution in [0.2, 0.25) is 5.02 Å². The molecule has 1 atom stereocenters. The molecule has 0 radical (unpaired) electrons. The summed E-state index contributed by atoms with van der Waals surface area (Å²) in [6.07, 6.45) is 1.93. The van der Waals surface area contributed by atoms with Gasteiger partial charge in [0.15, 0.2) is 0 Å². The van der Waals surface area contributed by atoms with Crippen LogP contribution in [0.3, 0.4) is 0 Å². The van der Waals surface area contributed by atoms with Crippen molar-refractivity contribution < 1.29 is 13.2 Å². The van der Waals surface area contributed by atoms with Crippen molar-refractivity contribution in [2.75, 3.05) is 29.5 Å². The third-order valence-electron chi connectivity index (χ3n) is 5.17. The monoisotopic (exact) mass is 449 g/mol. The molecular weight excluding hydrogens is 422 g/mol. The standard InChI is InChI=1S/C22H28ClN3O3S/c1-2-13-30(28,29)26-12-6-9-18(16-26)22(27)25-19-10-11-21(20(23)14-19)24-15-17-7-4-3-5-8-17/h3-5,7-8,10-11,14,18,24H,2,6,9,12-13,15-16H2,1H3,(H,25,27). The van der Waals surface area contributed by atoms with Gasteiger partial charge in [-0.1, -0.05) is 48.9 Å². The lowest BCUT2D eigenvalue weighted by Gasteiger charge is -2.31. The van der Waals surface area contributed by atoms with Crippen molar-refractivity contribution in [1.82, 2.24) is 4.31 Å². The van der Waals surface area contributed by atoms with Gasteiger partial charge in [0.05, 0.1) is 22.4 Å². The number of benzene rings is 2. The zero-order valence-electron chi connectivity index (χ0n) is 17.1. The van der Waals surface area contributed by atoms with Crippen LogP contribution in [-0.2, 0) is 21.4 Å². The molecule has 0 aromatic heterocycles. The highest BCUT2D eigenvalue weighted by Crippen LogP contribution is 2.27. The first-order valence-electron chi connectivity index (χ1n) is 10.2. The van der Waals surface area contributed by atoms with Crippen molar-refractivity contribution in [1.29, 1.82) is 0 Å². The zero-order chi connectivity index (χ0) is 21.6. The Kier molecular flexibility index (Phi) is 7.75. The minimum absolute atomic E-state index is 0.119. The van der Waals surface area contributed by atoms with Crippen molar-refractivity contribution in [3.63, 3.8) is 0 Å². The van der Waals surface area contributed by atoms with Crippen LogP contribution in [0, 0.1) is 5.92 Å². The summed E-state index contributed by atoms with van der Waals surface area (Å²) in [4.78, 5) is 12.7. The first-order chi connectivity index (χ1) is 14.4. The minimum atomic E-state index is -3.29. The maximum atomic E-state index is 12.7. The number of halogens is 1. The molecule has 1 heterocycles. The van der Waals surface area contributed by atoms with E-state index in [0.717, 1.165) is 11.3 Å². The number of piperidine rings is 1. The molecule has 1 aliphatic heterocycles. The van der Waals surface area contributed by atoms with Crippen LogP contribution in [0.4, 0.5) is 11.4 Å². The van der Waals surface area contributed by atoms with Crippen molar-refractivity contribution in [3.05, 3.63) is 59.1 Å². The van der Waals surface area contributed by atoms with Gasteiger partial charge in [-0.25, -0.2) is 12.7 Å². The highest BCUT2D eigenvalue weighted by molar-refractivity contribution is 7.89. The Hall–Kier alpha value is -2.09. The van der Waals surface area contributed by atoms with Gasteiger partial charge >= 0.3 is 0 Å². The number of anilines is 2. The van der Waals surface area contributed by atoms with Gasteiger partial charge in [-0.05, 0) is 43.0 Å². The molecular formula is C22H28ClN3O3S. The summed E-state index contributed by atoms with van der Waals surface area (Å²) in [5.41, 5.74) is 2.53. The Labute approximate surface area is 183 Å². The average Bonchev–Trinajstić information content (AvgIpc) is 2.74. The molecule has 0 bridgehead atoms. The average molecular weight is 450 g/mol. The topological polar surface area (TPSA) is 78.5 Å². The van der Waals surface area contributed by atoms with E-state index >= 15 is 0 Å². The number of carbonyl (C=O) groups excluding carboxylic acids is 1. The van der Waals surface area contributed by atoms with Crippen molar-refractivity contribution in [2.24, 2.45) is 5.92 Å². The third kappa shape index (κ3) is 5.97. The highest BCUT2D eigenvalue weighted by Gasteiger charge is 2.31. The van der Waals surface area contributed by atoms with Gasteiger partial charge in [0.1, 0.15) is 0 Å². The van der Waals surface area contributed by atoms with Gasteiger partial charge in [-0.15, -0.1) is 0 Å². The van der Waals surface area contributed by atoms with E-state index in [1.807, 2.05) is 43.3 Å². The predicted octanol–water partition coefficient (Wildman–Crippen LogP) is 4.34. The van der Waals surface area contributed by atoms with Gasteiger partial charge in [0.25, 0.3) is 0 Å². The Morgan fingerprint density at radius 3 is 2.67 bits per heavy atom. The fraction of sp³-hybridized carbons (Fsp3) is 0.409. The number of nitrogens with one attached hydrogen (secondary N) is 2. The van der Waals surface area contributed by atoms with E-state index in [2.05, 4.69) is 10.6 Å². The van der Waals surface area contributed by atoms with Crippen molar-refractivity contribution in [3.8, 4) is 0 Å². The van der Waals surface area contributed by atoms with E-state index < -0.39 is 10.0 Å². The van der Waals surface area contributed by atoms with Crippen LogP contribution < -0.4 is 10.6 Å². The van der Waals surface area contributed by atoms with Gasteiger partial charge in [-0.3, -0.25) is 4.79 Å². The lowest BCUT2D eigenvalue weighted by atomic mass is 9.98. The molecule has 1 aliphatic rings. The Morgan fingerprint density at radius 2 is 1.97 bits per heavy atom. The van der Waals surface area contributed by atoms with E-state index in [0.29, 0.717) is 43.1 Å². The van der Waals surface area contributed by atoms with Crippen LogP contribution in [0.15, 0.2) is 48.5 Å². The summed E-state index contributed by atoms with van der Waals surface area (Å²) < 4.78 is 26.1. The van der Waals surface area contributed by atoms with Gasteiger partial charge < -0.3 is 10.6 Å². The third-order valence-corrected chi connectivity index (χ3v) is 7.53. The summed E-state index contributed by atoms with van der Waals surface area (Å²) >= 11 is 6.38. The number of carbonyl (C=O) groups is 1. The molecule has 2 aromatic rings. The molecule has 0 spiro atoms. The van der Waals surface area contributed by atoms with Gasteiger partial charge in [0, 0.05) is 25.3 Å². The number of nitrogens with zero attached hydrogens (tertiary/aromatic N) is 1. The van der Waals surface area contributed by atoms with Gasteiger partial charge in [-0.2, -0.15) is 0 Å². The summed E-state index contributed by atoms with van der Waals surface area (Å²) in [6.45, 7) is 3.21. The van der Waals surface area contributed by atoms with Crippen LogP contribution in [0.5, 0.6) is 0 Å². The largest absolute Gasteiger partial charge is 0.380 e. The van der Waals surface area contributed by atoms with Crippen LogP contribution in [-0.4, -0.2) is 37.5 Å². The second-order valence-corrected chi connectivity index (χ2v) is 10.0. The summed E-state index contributed by atoms with van der Waals surface area (Å²) in [6, 6.07) is 15.3. The lowest BCUT2D eigenvalue weighted by Crippen LogP contribution is -2.44. The number of hydrogen-bond acceptors (Lipinski definition) is 4. The molecule has 1 amide bonds. The molecule has 162 valence electrons. The van der Waals surface area contributed by atoms with E-state index in [4.69, 9.17) is 11.6 Å². The summed E-state index contributed by atoms with van der Waals surface area (Å²) in [7, 11) is -3.29. The molecule has 0 aliphatic carbocycles. The van der Waals surface area contributed by atoms with E-state index in [-0.39, 0.29) is 24.1 Å². The molecule has 0 saturated carbocycles. The first-order valence-corrected chi connectivity index (χ1v) is 12.2. The molecule has 6 nitrogen and oxygen atoms in total. The minimum Gasteiger partial charge on any atom is -0.380 e. The molecule has 3 rings (SSSR count). The molecule has 2 N–H and O–H groups in total.